The number of nitrogen functional groups attached to an aromatic ring is 1. The monoisotopic (exact) mass is 270 g/mol. The number of alkyl halides is 3. The van der Waals surface area contributed by atoms with E-state index in [1.807, 2.05) is 6.92 Å². The third-order valence-corrected chi connectivity index (χ3v) is 2.74. The van der Waals surface area contributed by atoms with E-state index in [0.29, 0.717) is 23.6 Å². The van der Waals surface area contributed by atoms with Crippen LogP contribution in [0.2, 0.25) is 0 Å². The van der Waals surface area contributed by atoms with E-state index in [2.05, 4.69) is 10.1 Å². The molecule has 1 aromatic carbocycles. The van der Waals surface area contributed by atoms with Gasteiger partial charge in [0, 0.05) is 24.7 Å². The van der Waals surface area contributed by atoms with Crippen LogP contribution in [-0.2, 0) is 19.6 Å². The van der Waals surface area contributed by atoms with Crippen molar-refractivity contribution in [2.45, 2.75) is 19.5 Å². The summed E-state index contributed by atoms with van der Waals surface area (Å²) in [5.41, 5.74) is 5.40. The molecule has 102 valence electrons. The molecule has 2 rings (SSSR count). The van der Waals surface area contributed by atoms with Gasteiger partial charge < -0.3 is 5.73 Å². The number of rotatable bonds is 2. The number of aromatic nitrogens is 3. The highest BCUT2D eigenvalue weighted by Gasteiger charge is 2.31. The second kappa shape index (κ2) is 4.56. The van der Waals surface area contributed by atoms with Crippen LogP contribution in [0.25, 0.3) is 11.4 Å². The molecule has 0 fully saturated rings. The third kappa shape index (κ3) is 2.54. The Morgan fingerprint density at radius 1 is 1.32 bits per heavy atom. The summed E-state index contributed by atoms with van der Waals surface area (Å²) in [4.78, 5) is 4.24. The first-order chi connectivity index (χ1) is 8.82. The lowest BCUT2D eigenvalue weighted by atomic mass is 10.1. The lowest BCUT2D eigenvalue weighted by Crippen LogP contribution is -2.06. The standard InChI is InChI=1S/C12H13F3N4/c1-3-10-17-11(19(2)18-10)8-5-4-7(6-9(8)16)12(13,14)15/h4-6H,3,16H2,1-2H3. The third-order valence-electron chi connectivity index (χ3n) is 2.74. The Balaban J connectivity index is 2.49. The number of aryl methyl sites for hydroxylation is 2. The second-order valence-corrected chi connectivity index (χ2v) is 4.13. The predicted molar refractivity (Wildman–Crippen MR) is 65.2 cm³/mol. The summed E-state index contributed by atoms with van der Waals surface area (Å²) in [6.07, 6.45) is -3.75. The fraction of sp³-hybridized carbons (Fsp3) is 0.333. The van der Waals surface area contributed by atoms with Gasteiger partial charge in [0.1, 0.15) is 0 Å². The lowest BCUT2D eigenvalue weighted by molar-refractivity contribution is -0.137. The van der Waals surface area contributed by atoms with Crippen molar-refractivity contribution in [1.82, 2.24) is 14.8 Å². The number of anilines is 1. The van der Waals surface area contributed by atoms with Crippen LogP contribution in [0, 0.1) is 0 Å². The average molecular weight is 270 g/mol. The molecule has 0 atom stereocenters. The summed E-state index contributed by atoms with van der Waals surface area (Å²) in [6, 6.07) is 3.23. The number of hydrogen-bond donors (Lipinski definition) is 1. The topological polar surface area (TPSA) is 56.7 Å². The zero-order valence-electron chi connectivity index (χ0n) is 10.5. The van der Waals surface area contributed by atoms with Gasteiger partial charge in [0.05, 0.1) is 5.56 Å². The molecule has 0 saturated heterocycles. The van der Waals surface area contributed by atoms with Crippen LogP contribution < -0.4 is 5.73 Å². The van der Waals surface area contributed by atoms with Crippen LogP contribution >= 0.6 is 0 Å². The molecule has 19 heavy (non-hydrogen) atoms. The molecule has 0 saturated carbocycles. The zero-order chi connectivity index (χ0) is 14.2. The van der Waals surface area contributed by atoms with Gasteiger partial charge >= 0.3 is 6.18 Å². The fourth-order valence-corrected chi connectivity index (χ4v) is 1.76. The predicted octanol–water partition coefficient (Wildman–Crippen LogP) is 2.65. The first-order valence-electron chi connectivity index (χ1n) is 5.70. The molecule has 7 heteroatoms. The quantitative estimate of drug-likeness (QED) is 0.853. The Bertz CT molecular complexity index is 602. The van der Waals surface area contributed by atoms with Crippen molar-refractivity contribution in [3.8, 4) is 11.4 Å². The van der Waals surface area contributed by atoms with E-state index >= 15 is 0 Å². The minimum atomic E-state index is -4.40. The maximum atomic E-state index is 12.6. The van der Waals surface area contributed by atoms with Crippen molar-refractivity contribution in [1.29, 1.82) is 0 Å². The van der Waals surface area contributed by atoms with Crippen molar-refractivity contribution < 1.29 is 13.2 Å². The number of nitrogens with zero attached hydrogens (tertiary/aromatic N) is 3. The summed E-state index contributed by atoms with van der Waals surface area (Å²) >= 11 is 0. The Morgan fingerprint density at radius 2 is 2.00 bits per heavy atom. The van der Waals surface area contributed by atoms with Gasteiger partial charge in [-0.3, -0.25) is 0 Å². The van der Waals surface area contributed by atoms with Crippen LogP contribution in [-0.4, -0.2) is 14.8 Å². The molecule has 0 amide bonds. The van der Waals surface area contributed by atoms with Gasteiger partial charge in [0.25, 0.3) is 0 Å². The minimum Gasteiger partial charge on any atom is -0.398 e. The maximum absolute atomic E-state index is 12.6. The van der Waals surface area contributed by atoms with Gasteiger partial charge in [0.2, 0.25) is 0 Å². The fourth-order valence-electron chi connectivity index (χ4n) is 1.76. The molecule has 1 heterocycles. The molecule has 1 aromatic heterocycles. The van der Waals surface area contributed by atoms with Crippen LogP contribution in [0.1, 0.15) is 18.3 Å². The molecule has 2 N–H and O–H groups in total. The number of hydrogen-bond acceptors (Lipinski definition) is 3. The maximum Gasteiger partial charge on any atom is 0.416 e. The van der Waals surface area contributed by atoms with E-state index in [9.17, 15) is 13.2 Å². The summed E-state index contributed by atoms with van der Waals surface area (Å²) in [6.45, 7) is 1.90. The average Bonchev–Trinajstić information content (AvgIpc) is 2.69. The molecule has 2 aromatic rings. The Morgan fingerprint density at radius 3 is 2.47 bits per heavy atom. The van der Waals surface area contributed by atoms with E-state index in [1.54, 1.807) is 7.05 Å². The zero-order valence-corrected chi connectivity index (χ0v) is 10.5. The number of halogens is 3. The molecule has 0 unspecified atom stereocenters. The highest BCUT2D eigenvalue weighted by Crippen LogP contribution is 2.33. The van der Waals surface area contributed by atoms with Crippen LogP contribution in [0.15, 0.2) is 18.2 Å². The van der Waals surface area contributed by atoms with E-state index in [4.69, 9.17) is 5.73 Å². The van der Waals surface area contributed by atoms with Gasteiger partial charge in [-0.25, -0.2) is 9.67 Å². The molecule has 0 aliphatic heterocycles. The molecular weight excluding hydrogens is 257 g/mol. The van der Waals surface area contributed by atoms with Crippen LogP contribution in [0.4, 0.5) is 18.9 Å². The number of benzene rings is 1. The molecular formula is C12H13F3N4. The Hall–Kier alpha value is -2.05. The van der Waals surface area contributed by atoms with Crippen LogP contribution in [0.5, 0.6) is 0 Å². The van der Waals surface area contributed by atoms with Gasteiger partial charge in [-0.15, -0.1) is 0 Å². The SMILES string of the molecule is CCc1nc(-c2ccc(C(F)(F)F)cc2N)n(C)n1. The minimum absolute atomic E-state index is 0.0352. The summed E-state index contributed by atoms with van der Waals surface area (Å²) < 4.78 is 39.2. The highest BCUT2D eigenvalue weighted by atomic mass is 19.4. The van der Waals surface area contributed by atoms with Crippen molar-refractivity contribution in [2.75, 3.05) is 5.73 Å². The molecule has 4 nitrogen and oxygen atoms in total. The summed E-state index contributed by atoms with van der Waals surface area (Å²) in [7, 11) is 1.68. The summed E-state index contributed by atoms with van der Waals surface area (Å²) in [5, 5.41) is 4.15. The van der Waals surface area contributed by atoms with Crippen molar-refractivity contribution >= 4 is 5.69 Å². The van der Waals surface area contributed by atoms with Crippen molar-refractivity contribution in [3.05, 3.63) is 29.6 Å². The van der Waals surface area contributed by atoms with E-state index in [-0.39, 0.29) is 5.69 Å². The highest BCUT2D eigenvalue weighted by molar-refractivity contribution is 5.72. The normalized spacial score (nSPS) is 11.8. The Kier molecular flexibility index (Phi) is 3.21. The molecule has 0 aliphatic rings. The molecule has 0 radical (unpaired) electrons. The van der Waals surface area contributed by atoms with Crippen LogP contribution in [0.3, 0.4) is 0 Å². The van der Waals surface area contributed by atoms with Crippen molar-refractivity contribution in [3.63, 3.8) is 0 Å². The molecule has 0 spiro atoms. The van der Waals surface area contributed by atoms with Gasteiger partial charge in [-0.05, 0) is 18.2 Å². The largest absolute Gasteiger partial charge is 0.416 e. The van der Waals surface area contributed by atoms with Gasteiger partial charge in [-0.2, -0.15) is 18.3 Å². The lowest BCUT2D eigenvalue weighted by Gasteiger charge is -2.10. The van der Waals surface area contributed by atoms with E-state index in [0.717, 1.165) is 12.1 Å². The number of nitrogens with two attached hydrogens (primary N) is 1. The second-order valence-electron chi connectivity index (χ2n) is 4.13. The van der Waals surface area contributed by atoms with Crippen molar-refractivity contribution in [2.24, 2.45) is 7.05 Å². The van der Waals surface area contributed by atoms with E-state index < -0.39 is 11.7 Å². The Labute approximate surface area is 108 Å². The molecule has 0 aliphatic carbocycles. The van der Waals surface area contributed by atoms with Gasteiger partial charge in [0.15, 0.2) is 11.6 Å². The van der Waals surface area contributed by atoms with Gasteiger partial charge in [-0.1, -0.05) is 6.92 Å². The first kappa shape index (κ1) is 13.4. The summed E-state index contributed by atoms with van der Waals surface area (Å²) in [5.74, 6) is 1.08. The molecule has 0 bridgehead atoms. The van der Waals surface area contributed by atoms with E-state index in [1.165, 1.54) is 10.7 Å². The first-order valence-corrected chi connectivity index (χ1v) is 5.70. The smallest absolute Gasteiger partial charge is 0.398 e.